The Kier molecular flexibility index (Phi) is 7.04. The second kappa shape index (κ2) is 9.73. The number of aryl methyl sites for hydroxylation is 1. The van der Waals surface area contributed by atoms with Gasteiger partial charge < -0.3 is 10.1 Å². The van der Waals surface area contributed by atoms with Crippen LogP contribution in [-0.2, 0) is 11.0 Å². The Hall–Kier alpha value is -3.53. The maximum absolute atomic E-state index is 13.0. The maximum Gasteiger partial charge on any atom is 0.416 e. The van der Waals surface area contributed by atoms with Crippen LogP contribution >= 0.6 is 11.6 Å². The largest absolute Gasteiger partial charge is 0.497 e. The first-order chi connectivity index (χ1) is 15.2. The van der Waals surface area contributed by atoms with Crippen molar-refractivity contribution in [2.45, 2.75) is 13.1 Å². The van der Waals surface area contributed by atoms with Gasteiger partial charge in [0.2, 0.25) is 0 Å². The molecule has 0 bridgehead atoms. The van der Waals surface area contributed by atoms with Gasteiger partial charge >= 0.3 is 6.18 Å². The third kappa shape index (κ3) is 5.58. The molecule has 0 spiro atoms. The minimum Gasteiger partial charge on any atom is -0.497 e. The molecule has 0 aliphatic carbocycles. The summed E-state index contributed by atoms with van der Waals surface area (Å²) in [7, 11) is 1.56. The predicted molar refractivity (Wildman–Crippen MR) is 116 cm³/mol. The lowest BCUT2D eigenvalue weighted by molar-refractivity contribution is -0.137. The number of carbonyl (C=O) groups excluding carboxylic acids is 1. The third-order valence-corrected chi connectivity index (χ3v) is 4.76. The Morgan fingerprint density at radius 3 is 2.62 bits per heavy atom. The van der Waals surface area contributed by atoms with Crippen molar-refractivity contribution in [3.8, 4) is 11.4 Å². The number of alkyl halides is 3. The topological polar surface area (TPSA) is 80.5 Å². The number of nitrogens with one attached hydrogen (secondary N) is 2. The molecule has 3 aromatic rings. The Balaban J connectivity index is 1.65. The number of rotatable bonds is 7. The van der Waals surface area contributed by atoms with E-state index < -0.39 is 17.6 Å². The molecule has 2 aromatic carbocycles. The number of ether oxygens (including phenoxy) is 1. The van der Waals surface area contributed by atoms with E-state index in [9.17, 15) is 18.0 Å². The van der Waals surface area contributed by atoms with Gasteiger partial charge in [-0.25, -0.2) is 10.1 Å². The van der Waals surface area contributed by atoms with Gasteiger partial charge in [-0.15, -0.1) is 0 Å². The summed E-state index contributed by atoms with van der Waals surface area (Å²) in [6, 6.07) is 11.7. The van der Waals surface area contributed by atoms with Gasteiger partial charge in [-0.2, -0.15) is 23.4 Å². The molecule has 11 heteroatoms. The van der Waals surface area contributed by atoms with Crippen LogP contribution in [-0.4, -0.2) is 35.6 Å². The fraction of sp³-hybridized carbons (Fsp3) is 0.190. The van der Waals surface area contributed by atoms with Crippen LogP contribution in [0.2, 0.25) is 5.15 Å². The lowest BCUT2D eigenvalue weighted by Gasteiger charge is -2.09. The summed E-state index contributed by atoms with van der Waals surface area (Å²) in [4.78, 5) is 12.0. The van der Waals surface area contributed by atoms with Crippen LogP contribution in [0.15, 0.2) is 53.6 Å². The first-order valence-corrected chi connectivity index (χ1v) is 9.69. The molecule has 0 unspecified atom stereocenters. The maximum atomic E-state index is 13.0. The highest BCUT2D eigenvalue weighted by molar-refractivity contribution is 6.32. The number of anilines is 1. The van der Waals surface area contributed by atoms with Crippen LogP contribution in [0.3, 0.4) is 0 Å². The number of amides is 1. The van der Waals surface area contributed by atoms with Gasteiger partial charge in [-0.3, -0.25) is 4.79 Å². The van der Waals surface area contributed by atoms with E-state index in [1.807, 2.05) is 0 Å². The fourth-order valence-electron chi connectivity index (χ4n) is 2.74. The summed E-state index contributed by atoms with van der Waals surface area (Å²) >= 11 is 6.30. The standard InChI is InChI=1S/C21H19ClF3N5O2/c1-13-18(11-27-28-19(31)12-26-15-6-8-17(32-2)9-7-15)20(22)30(29-13)16-5-3-4-14(10-16)21(23,24)25/h3-11,26H,12H2,1-2H3,(H,28,31)/b27-11+. The van der Waals surface area contributed by atoms with E-state index in [-0.39, 0.29) is 17.4 Å². The molecule has 0 atom stereocenters. The van der Waals surface area contributed by atoms with Crippen molar-refractivity contribution in [1.82, 2.24) is 15.2 Å². The normalized spacial score (nSPS) is 11.6. The van der Waals surface area contributed by atoms with E-state index in [1.54, 1.807) is 38.3 Å². The molecule has 168 valence electrons. The predicted octanol–water partition coefficient (Wildman–Crippen LogP) is 4.42. The molecule has 0 saturated carbocycles. The Morgan fingerprint density at radius 1 is 1.25 bits per heavy atom. The molecule has 0 saturated heterocycles. The van der Waals surface area contributed by atoms with Gasteiger partial charge in [0.25, 0.3) is 5.91 Å². The van der Waals surface area contributed by atoms with Crippen molar-refractivity contribution in [2.75, 3.05) is 19.0 Å². The zero-order chi connectivity index (χ0) is 23.3. The minimum absolute atomic E-state index is 0.0279. The zero-order valence-corrected chi connectivity index (χ0v) is 17.8. The monoisotopic (exact) mass is 465 g/mol. The number of methoxy groups -OCH3 is 1. The smallest absolute Gasteiger partial charge is 0.416 e. The van der Waals surface area contributed by atoms with E-state index in [1.165, 1.54) is 23.0 Å². The van der Waals surface area contributed by atoms with Gasteiger partial charge in [0.05, 0.1) is 42.4 Å². The highest BCUT2D eigenvalue weighted by Gasteiger charge is 2.30. The lowest BCUT2D eigenvalue weighted by Crippen LogP contribution is -2.25. The molecule has 1 aromatic heterocycles. The third-order valence-electron chi connectivity index (χ3n) is 4.39. The first kappa shape index (κ1) is 23.1. The molecule has 2 N–H and O–H groups in total. The number of aromatic nitrogens is 2. The highest BCUT2D eigenvalue weighted by Crippen LogP contribution is 2.31. The average Bonchev–Trinajstić information content (AvgIpc) is 3.06. The molecule has 32 heavy (non-hydrogen) atoms. The number of hydrazone groups is 1. The van der Waals surface area contributed by atoms with Crippen molar-refractivity contribution in [1.29, 1.82) is 0 Å². The van der Waals surface area contributed by atoms with Gasteiger partial charge in [-0.1, -0.05) is 17.7 Å². The molecule has 0 radical (unpaired) electrons. The van der Waals surface area contributed by atoms with E-state index in [2.05, 4.69) is 20.9 Å². The van der Waals surface area contributed by atoms with Crippen molar-refractivity contribution in [3.63, 3.8) is 0 Å². The van der Waals surface area contributed by atoms with Gasteiger partial charge in [0, 0.05) is 5.69 Å². The summed E-state index contributed by atoms with van der Waals surface area (Å²) in [6.07, 6.45) is -3.20. The van der Waals surface area contributed by atoms with E-state index in [0.29, 0.717) is 17.0 Å². The van der Waals surface area contributed by atoms with E-state index in [4.69, 9.17) is 16.3 Å². The second-order valence-electron chi connectivity index (χ2n) is 6.63. The zero-order valence-electron chi connectivity index (χ0n) is 17.1. The van der Waals surface area contributed by atoms with Crippen LogP contribution in [0.5, 0.6) is 5.75 Å². The number of carbonyl (C=O) groups is 1. The van der Waals surface area contributed by atoms with Crippen molar-refractivity contribution >= 4 is 29.4 Å². The van der Waals surface area contributed by atoms with Gasteiger partial charge in [0.1, 0.15) is 10.9 Å². The van der Waals surface area contributed by atoms with Crippen molar-refractivity contribution < 1.29 is 22.7 Å². The molecule has 0 aliphatic rings. The molecule has 0 aliphatic heterocycles. The molecule has 7 nitrogen and oxygen atoms in total. The molecule has 1 heterocycles. The Labute approximate surface area is 186 Å². The van der Waals surface area contributed by atoms with Crippen LogP contribution < -0.4 is 15.5 Å². The van der Waals surface area contributed by atoms with Gasteiger partial charge in [0.15, 0.2) is 0 Å². The SMILES string of the molecule is COc1ccc(NCC(=O)N/N=C/c2c(C)nn(-c3cccc(C(F)(F)F)c3)c2Cl)cc1. The molecule has 3 rings (SSSR count). The average molecular weight is 466 g/mol. The summed E-state index contributed by atoms with van der Waals surface area (Å²) in [5, 5.41) is 11.0. The van der Waals surface area contributed by atoms with E-state index >= 15 is 0 Å². The van der Waals surface area contributed by atoms with Crippen molar-refractivity contribution in [3.05, 3.63) is 70.5 Å². The lowest BCUT2D eigenvalue weighted by atomic mass is 10.2. The van der Waals surface area contributed by atoms with Crippen LogP contribution in [0.1, 0.15) is 16.8 Å². The van der Waals surface area contributed by atoms with Crippen LogP contribution in [0.25, 0.3) is 5.69 Å². The van der Waals surface area contributed by atoms with Crippen LogP contribution in [0, 0.1) is 6.92 Å². The molecule has 0 fully saturated rings. The Morgan fingerprint density at radius 2 is 1.97 bits per heavy atom. The molecule has 1 amide bonds. The van der Waals surface area contributed by atoms with Gasteiger partial charge in [-0.05, 0) is 49.4 Å². The molecular weight excluding hydrogens is 447 g/mol. The summed E-state index contributed by atoms with van der Waals surface area (Å²) < 4.78 is 45.2. The number of nitrogens with zero attached hydrogens (tertiary/aromatic N) is 3. The number of hydrogen-bond donors (Lipinski definition) is 2. The van der Waals surface area contributed by atoms with E-state index in [0.717, 1.165) is 17.8 Å². The summed E-state index contributed by atoms with van der Waals surface area (Å²) in [6.45, 7) is 1.60. The highest BCUT2D eigenvalue weighted by atomic mass is 35.5. The quantitative estimate of drug-likeness (QED) is 0.400. The Bertz CT molecular complexity index is 1130. The second-order valence-corrected chi connectivity index (χ2v) is 6.98. The fourth-order valence-corrected chi connectivity index (χ4v) is 3.06. The minimum atomic E-state index is -4.49. The number of benzene rings is 2. The van der Waals surface area contributed by atoms with Crippen LogP contribution in [0.4, 0.5) is 18.9 Å². The summed E-state index contributed by atoms with van der Waals surface area (Å²) in [5.41, 5.74) is 3.22. The number of hydrogen-bond acceptors (Lipinski definition) is 5. The van der Waals surface area contributed by atoms with Crippen molar-refractivity contribution in [2.24, 2.45) is 5.10 Å². The number of halogens is 4. The first-order valence-electron chi connectivity index (χ1n) is 9.31. The molecular formula is C21H19ClF3N5O2. The summed E-state index contributed by atoms with van der Waals surface area (Å²) in [5.74, 6) is 0.290.